The number of hydrogen-bond acceptors (Lipinski definition) is 2. The van der Waals surface area contributed by atoms with E-state index in [1.165, 1.54) is 153 Å². The Morgan fingerprint density at radius 1 is 0.140 bits per heavy atom. The van der Waals surface area contributed by atoms with Crippen molar-refractivity contribution in [1.82, 2.24) is 0 Å². The Morgan fingerprint density at radius 2 is 0.450 bits per heavy atom. The molecule has 0 atom stereocenters. The second-order valence-electron chi connectivity index (χ2n) is 26.5. The van der Waals surface area contributed by atoms with Gasteiger partial charge in [-0.3, -0.25) is 0 Å². The van der Waals surface area contributed by atoms with Crippen molar-refractivity contribution in [2.45, 2.75) is 0 Å². The fraction of sp³-hybridized carbons (Fsp3) is 0. The molecule has 0 saturated heterocycles. The van der Waals surface area contributed by atoms with Crippen LogP contribution in [0.3, 0.4) is 0 Å². The summed E-state index contributed by atoms with van der Waals surface area (Å²) in [5.74, 6) is 0. The number of furan rings is 2. The van der Waals surface area contributed by atoms with E-state index in [1.54, 1.807) is 0 Å². The third-order valence-corrected chi connectivity index (χ3v) is 20.8. The summed E-state index contributed by atoms with van der Waals surface area (Å²) in [6.07, 6.45) is 0. The molecule has 0 bridgehead atoms. The quantitative estimate of drug-likeness (QED) is 0.117. The van der Waals surface area contributed by atoms with E-state index in [-0.39, 0.29) is 0 Å². The molecule has 0 saturated carbocycles. The van der Waals surface area contributed by atoms with Gasteiger partial charge in [-0.1, -0.05) is 297 Å². The van der Waals surface area contributed by atoms with E-state index in [1.807, 2.05) is 0 Å². The zero-order chi connectivity index (χ0) is 65.8. The molecule has 19 aromatic carbocycles. The molecule has 0 spiro atoms. The standard InChI is InChI=1S/C50H30O.C48H30O/c1-2-11-33-27-34(19-17-31(33)9-1)35-22-25-47-45(29-35)46-30-38(23-26-48(46)51-47)50-43-15-7-5-13-41(43)49(42-14-6-8-16-44(42)50)37-21-24-40-36(28-37)20-18-32-10-3-4-12-39(32)40;1-3-13-31(14-4-1)37-29-42(33-16-5-2-6-17-33)48-44(30-37)43-28-36(25-26-45(43)49-48)47-40-21-11-9-19-38(40)46(39-20-10-12-22-41(39)47)35-24-23-32-15-7-8-18-34(32)27-35/h1-30H;1-30H. The van der Waals surface area contributed by atoms with Crippen LogP contribution < -0.4 is 0 Å². The lowest BCUT2D eigenvalue weighted by Crippen LogP contribution is -1.91. The maximum atomic E-state index is 6.71. The lowest BCUT2D eigenvalue weighted by atomic mass is 9.85. The first kappa shape index (κ1) is 57.1. The predicted molar refractivity (Wildman–Crippen MR) is 426 cm³/mol. The molecule has 2 aromatic heterocycles. The molecule has 21 aromatic rings. The van der Waals surface area contributed by atoms with Crippen molar-refractivity contribution in [3.8, 4) is 77.9 Å². The number of fused-ring (bicyclic) bond motifs is 15. The Balaban J connectivity index is 0.000000135. The van der Waals surface area contributed by atoms with Crippen LogP contribution in [-0.2, 0) is 0 Å². The van der Waals surface area contributed by atoms with Crippen molar-refractivity contribution in [3.63, 3.8) is 0 Å². The molecule has 0 N–H and O–H groups in total. The minimum atomic E-state index is 0.891. The van der Waals surface area contributed by atoms with Gasteiger partial charge in [0.1, 0.15) is 22.3 Å². The molecule has 0 radical (unpaired) electrons. The summed E-state index contributed by atoms with van der Waals surface area (Å²) in [7, 11) is 0. The van der Waals surface area contributed by atoms with Crippen LogP contribution in [0.4, 0.5) is 0 Å². The van der Waals surface area contributed by atoms with Crippen molar-refractivity contribution >= 4 is 130 Å². The van der Waals surface area contributed by atoms with Crippen LogP contribution >= 0.6 is 0 Å². The van der Waals surface area contributed by atoms with E-state index >= 15 is 0 Å². The molecule has 0 aliphatic carbocycles. The van der Waals surface area contributed by atoms with Crippen LogP contribution in [-0.4, -0.2) is 0 Å². The molecule has 0 fully saturated rings. The molecule has 100 heavy (non-hydrogen) atoms. The SMILES string of the molecule is c1ccc(-c2cc(-c3ccccc3)c3oc4ccc(-c5c6ccccc6c(-c6ccc7ccccc7c6)c6ccccc56)cc4c3c2)cc1.c1ccc2cc(-c3ccc4oc5ccc(-c6c7ccccc7c(-c7ccc8c(ccc9ccccc98)c7)c7ccccc67)cc5c4c3)ccc2c1. The Bertz CT molecular complexity index is 6780. The summed E-state index contributed by atoms with van der Waals surface area (Å²) in [5, 5.41) is 24.6. The van der Waals surface area contributed by atoms with Crippen LogP contribution in [0.15, 0.2) is 373 Å². The van der Waals surface area contributed by atoms with E-state index in [4.69, 9.17) is 8.83 Å². The van der Waals surface area contributed by atoms with Crippen molar-refractivity contribution in [2.24, 2.45) is 0 Å². The molecule has 0 aliphatic rings. The smallest absolute Gasteiger partial charge is 0.143 e. The molecule has 0 amide bonds. The Labute approximate surface area is 577 Å². The van der Waals surface area contributed by atoms with E-state index in [9.17, 15) is 0 Å². The van der Waals surface area contributed by atoms with Gasteiger partial charge in [-0.15, -0.1) is 0 Å². The first-order chi connectivity index (χ1) is 49.6. The van der Waals surface area contributed by atoms with Crippen molar-refractivity contribution < 1.29 is 8.83 Å². The number of rotatable bonds is 7. The first-order valence-electron chi connectivity index (χ1n) is 34.4. The summed E-state index contributed by atoms with van der Waals surface area (Å²) < 4.78 is 13.1. The highest BCUT2D eigenvalue weighted by molar-refractivity contribution is 6.25. The van der Waals surface area contributed by atoms with E-state index in [2.05, 4.69) is 364 Å². The van der Waals surface area contributed by atoms with Gasteiger partial charge < -0.3 is 8.83 Å². The minimum Gasteiger partial charge on any atom is -0.456 e. The van der Waals surface area contributed by atoms with E-state index < -0.39 is 0 Å². The van der Waals surface area contributed by atoms with Gasteiger partial charge >= 0.3 is 0 Å². The molecule has 2 heteroatoms. The minimum absolute atomic E-state index is 0.891. The monoisotopic (exact) mass is 1270 g/mol. The maximum Gasteiger partial charge on any atom is 0.143 e. The van der Waals surface area contributed by atoms with Gasteiger partial charge in [0.25, 0.3) is 0 Å². The molecule has 2 heterocycles. The molecule has 0 unspecified atom stereocenters. The van der Waals surface area contributed by atoms with E-state index in [0.29, 0.717) is 0 Å². The molecule has 2 nitrogen and oxygen atoms in total. The first-order valence-corrected chi connectivity index (χ1v) is 34.4. The summed E-state index contributed by atoms with van der Waals surface area (Å²) in [5.41, 5.74) is 20.5. The van der Waals surface area contributed by atoms with Gasteiger partial charge in [0.2, 0.25) is 0 Å². The van der Waals surface area contributed by atoms with Gasteiger partial charge in [-0.25, -0.2) is 0 Å². The van der Waals surface area contributed by atoms with Crippen LogP contribution in [0.5, 0.6) is 0 Å². The third-order valence-electron chi connectivity index (χ3n) is 20.8. The number of hydrogen-bond donors (Lipinski definition) is 0. The zero-order valence-electron chi connectivity index (χ0n) is 54.5. The van der Waals surface area contributed by atoms with Gasteiger partial charge in [0, 0.05) is 27.1 Å². The second-order valence-corrected chi connectivity index (χ2v) is 26.5. The summed E-state index contributed by atoms with van der Waals surface area (Å²) in [6.45, 7) is 0. The Morgan fingerprint density at radius 3 is 0.970 bits per heavy atom. The molecular formula is C98H60O2. The normalized spacial score (nSPS) is 11.8. The van der Waals surface area contributed by atoms with Gasteiger partial charge in [0.15, 0.2) is 0 Å². The Kier molecular flexibility index (Phi) is 13.3. The third kappa shape index (κ3) is 9.48. The van der Waals surface area contributed by atoms with Crippen molar-refractivity contribution in [1.29, 1.82) is 0 Å². The molecule has 21 rings (SSSR count). The van der Waals surface area contributed by atoms with Gasteiger partial charge in [0.05, 0.1) is 0 Å². The van der Waals surface area contributed by atoms with Crippen molar-refractivity contribution in [2.75, 3.05) is 0 Å². The Hall–Kier alpha value is -13.1. The lowest BCUT2D eigenvalue weighted by molar-refractivity contribution is 0.669. The highest BCUT2D eigenvalue weighted by atomic mass is 16.3. The van der Waals surface area contributed by atoms with Gasteiger partial charge in [-0.05, 0) is 225 Å². The lowest BCUT2D eigenvalue weighted by Gasteiger charge is -2.18. The van der Waals surface area contributed by atoms with Crippen molar-refractivity contribution in [3.05, 3.63) is 364 Å². The fourth-order valence-corrected chi connectivity index (χ4v) is 16.2. The second kappa shape index (κ2) is 23.3. The molecule has 0 aliphatic heterocycles. The van der Waals surface area contributed by atoms with Crippen LogP contribution in [0, 0.1) is 0 Å². The predicted octanol–water partition coefficient (Wildman–Crippen LogP) is 28.1. The van der Waals surface area contributed by atoms with Gasteiger partial charge in [-0.2, -0.15) is 0 Å². The topological polar surface area (TPSA) is 26.3 Å². The van der Waals surface area contributed by atoms with Crippen LogP contribution in [0.2, 0.25) is 0 Å². The summed E-state index contributed by atoms with van der Waals surface area (Å²) in [6, 6.07) is 132. The summed E-state index contributed by atoms with van der Waals surface area (Å²) >= 11 is 0. The highest BCUT2D eigenvalue weighted by Crippen LogP contribution is 2.49. The zero-order valence-corrected chi connectivity index (χ0v) is 54.5. The van der Waals surface area contributed by atoms with Crippen LogP contribution in [0.25, 0.3) is 208 Å². The average molecular weight is 1270 g/mol. The maximum absolute atomic E-state index is 6.71. The van der Waals surface area contributed by atoms with Crippen LogP contribution in [0.1, 0.15) is 0 Å². The molecular weight excluding hydrogens is 1210 g/mol. The largest absolute Gasteiger partial charge is 0.456 e. The average Bonchev–Trinajstić information content (AvgIpc) is 0.980. The highest BCUT2D eigenvalue weighted by Gasteiger charge is 2.23. The molecule has 464 valence electrons. The number of benzene rings is 19. The summed E-state index contributed by atoms with van der Waals surface area (Å²) in [4.78, 5) is 0. The fourth-order valence-electron chi connectivity index (χ4n) is 16.2. The van der Waals surface area contributed by atoms with E-state index in [0.717, 1.165) is 55.0 Å².